The van der Waals surface area contributed by atoms with E-state index in [0.717, 1.165) is 0 Å². The maximum absolute atomic E-state index is 13.0. The number of rotatable bonds is 8. The van der Waals surface area contributed by atoms with Crippen LogP contribution < -0.4 is 10.0 Å². The SMILES string of the molecule is Cc1ccc(NC(=O)CCC(=O)c2ccc(F)cc2)cc1S(=O)(=O)Nc1ccccc1Cl. The first-order valence-electron chi connectivity index (χ1n) is 9.62. The van der Waals surface area contributed by atoms with Gasteiger partial charge in [0.05, 0.1) is 15.6 Å². The van der Waals surface area contributed by atoms with Crippen LogP contribution in [0.15, 0.2) is 71.6 Å². The summed E-state index contributed by atoms with van der Waals surface area (Å²) in [7, 11) is -3.96. The summed E-state index contributed by atoms with van der Waals surface area (Å²) in [4.78, 5) is 24.4. The highest BCUT2D eigenvalue weighted by molar-refractivity contribution is 7.92. The Labute approximate surface area is 190 Å². The Kier molecular flexibility index (Phi) is 7.27. The lowest BCUT2D eigenvalue weighted by Crippen LogP contribution is -2.17. The summed E-state index contributed by atoms with van der Waals surface area (Å²) in [6, 6.07) is 16.0. The summed E-state index contributed by atoms with van der Waals surface area (Å²) >= 11 is 6.04. The predicted molar refractivity (Wildman–Crippen MR) is 122 cm³/mol. The molecule has 6 nitrogen and oxygen atoms in total. The van der Waals surface area contributed by atoms with E-state index in [0.29, 0.717) is 11.1 Å². The quantitative estimate of drug-likeness (QED) is 0.439. The smallest absolute Gasteiger partial charge is 0.262 e. The Morgan fingerprint density at radius 1 is 0.969 bits per heavy atom. The largest absolute Gasteiger partial charge is 0.326 e. The van der Waals surface area contributed by atoms with Gasteiger partial charge in [-0.2, -0.15) is 0 Å². The number of benzene rings is 3. The van der Waals surface area contributed by atoms with E-state index in [1.807, 2.05) is 0 Å². The van der Waals surface area contributed by atoms with Crippen molar-refractivity contribution in [2.24, 2.45) is 0 Å². The highest BCUT2D eigenvalue weighted by Gasteiger charge is 2.19. The molecule has 0 aliphatic carbocycles. The van der Waals surface area contributed by atoms with Gasteiger partial charge in [0.15, 0.2) is 5.78 Å². The minimum atomic E-state index is -3.96. The van der Waals surface area contributed by atoms with Crippen molar-refractivity contribution in [2.75, 3.05) is 10.0 Å². The van der Waals surface area contributed by atoms with Crippen molar-refractivity contribution in [3.8, 4) is 0 Å². The molecular weight excluding hydrogens is 455 g/mol. The lowest BCUT2D eigenvalue weighted by atomic mass is 10.1. The van der Waals surface area contributed by atoms with Gasteiger partial charge in [-0.3, -0.25) is 14.3 Å². The highest BCUT2D eigenvalue weighted by atomic mass is 35.5. The van der Waals surface area contributed by atoms with Crippen LogP contribution in [-0.4, -0.2) is 20.1 Å². The minimum Gasteiger partial charge on any atom is -0.326 e. The fourth-order valence-electron chi connectivity index (χ4n) is 2.94. The summed E-state index contributed by atoms with van der Waals surface area (Å²) in [5.41, 5.74) is 1.30. The van der Waals surface area contributed by atoms with E-state index in [-0.39, 0.29) is 39.9 Å². The van der Waals surface area contributed by atoms with Crippen molar-refractivity contribution in [2.45, 2.75) is 24.7 Å². The Morgan fingerprint density at radius 3 is 2.34 bits per heavy atom. The number of halogens is 2. The van der Waals surface area contributed by atoms with Gasteiger partial charge >= 0.3 is 0 Å². The third-order valence-corrected chi connectivity index (χ3v) is 6.46. The van der Waals surface area contributed by atoms with Gasteiger partial charge in [-0.05, 0) is 61.0 Å². The Hall–Kier alpha value is -3.23. The number of hydrogen-bond donors (Lipinski definition) is 2. The van der Waals surface area contributed by atoms with E-state index in [1.54, 1.807) is 43.3 Å². The first-order valence-corrected chi connectivity index (χ1v) is 11.5. The van der Waals surface area contributed by atoms with Gasteiger partial charge < -0.3 is 5.32 Å². The van der Waals surface area contributed by atoms with Crippen LogP contribution in [0.4, 0.5) is 15.8 Å². The average Bonchev–Trinajstić information content (AvgIpc) is 2.75. The highest BCUT2D eigenvalue weighted by Crippen LogP contribution is 2.27. The maximum atomic E-state index is 13.0. The van der Waals surface area contributed by atoms with E-state index in [4.69, 9.17) is 11.6 Å². The summed E-state index contributed by atoms with van der Waals surface area (Å²) in [6.07, 6.45) is -0.174. The zero-order chi connectivity index (χ0) is 23.3. The number of aryl methyl sites for hydroxylation is 1. The second-order valence-electron chi connectivity index (χ2n) is 7.04. The van der Waals surface area contributed by atoms with Crippen molar-refractivity contribution in [1.29, 1.82) is 0 Å². The fourth-order valence-corrected chi connectivity index (χ4v) is 4.53. The second-order valence-corrected chi connectivity index (χ2v) is 9.10. The first-order chi connectivity index (χ1) is 15.2. The van der Waals surface area contributed by atoms with Crippen LogP contribution in [0.2, 0.25) is 5.02 Å². The molecule has 0 bridgehead atoms. The summed E-state index contributed by atoms with van der Waals surface area (Å²) in [5, 5.41) is 2.86. The van der Waals surface area contributed by atoms with E-state index < -0.39 is 21.7 Å². The van der Waals surface area contributed by atoms with Crippen molar-refractivity contribution in [3.63, 3.8) is 0 Å². The molecule has 2 N–H and O–H groups in total. The number of amides is 1. The number of hydrogen-bond acceptors (Lipinski definition) is 4. The van der Waals surface area contributed by atoms with Gasteiger partial charge in [0.25, 0.3) is 10.0 Å². The van der Waals surface area contributed by atoms with Crippen LogP contribution in [0.1, 0.15) is 28.8 Å². The van der Waals surface area contributed by atoms with Crippen LogP contribution in [0.3, 0.4) is 0 Å². The van der Waals surface area contributed by atoms with Crippen LogP contribution in [-0.2, 0) is 14.8 Å². The number of para-hydroxylation sites is 1. The standard InChI is InChI=1S/C23H20ClFN2O4S/c1-15-6-11-18(14-22(15)32(30,31)27-20-5-3-2-4-19(20)24)26-23(29)13-12-21(28)16-7-9-17(25)10-8-16/h2-11,14,27H,12-13H2,1H3,(H,26,29). The Balaban J connectivity index is 1.68. The van der Waals surface area contributed by atoms with Crippen molar-refractivity contribution in [1.82, 2.24) is 0 Å². The molecule has 3 rings (SSSR count). The normalized spacial score (nSPS) is 11.1. The zero-order valence-corrected chi connectivity index (χ0v) is 18.6. The Morgan fingerprint density at radius 2 is 1.66 bits per heavy atom. The van der Waals surface area contributed by atoms with Crippen molar-refractivity contribution < 1.29 is 22.4 Å². The average molecular weight is 475 g/mol. The number of anilines is 2. The molecular formula is C23H20ClFN2O4S. The molecule has 3 aromatic rings. The molecule has 0 spiro atoms. The van der Waals surface area contributed by atoms with Crippen molar-refractivity contribution in [3.05, 3.63) is 88.7 Å². The number of sulfonamides is 1. The van der Waals surface area contributed by atoms with Crippen LogP contribution >= 0.6 is 11.6 Å². The number of Topliss-reactive ketones (excluding diaryl/α,β-unsaturated/α-hetero) is 1. The third-order valence-electron chi connectivity index (χ3n) is 4.62. The minimum absolute atomic E-state index is 0.0161. The maximum Gasteiger partial charge on any atom is 0.262 e. The molecule has 0 saturated heterocycles. The van der Waals surface area contributed by atoms with E-state index in [2.05, 4.69) is 10.0 Å². The zero-order valence-electron chi connectivity index (χ0n) is 17.1. The molecule has 0 heterocycles. The molecule has 1 amide bonds. The van der Waals surface area contributed by atoms with Gasteiger partial charge in [0.2, 0.25) is 5.91 Å². The molecule has 166 valence electrons. The van der Waals surface area contributed by atoms with Crippen LogP contribution in [0, 0.1) is 12.7 Å². The molecule has 0 aromatic heterocycles. The number of carbonyl (C=O) groups is 2. The topological polar surface area (TPSA) is 92.3 Å². The van der Waals surface area contributed by atoms with E-state index in [9.17, 15) is 22.4 Å². The summed E-state index contributed by atoms with van der Waals surface area (Å²) < 4.78 is 41.1. The van der Waals surface area contributed by atoms with Crippen molar-refractivity contribution >= 4 is 44.7 Å². The molecule has 0 saturated carbocycles. The number of carbonyl (C=O) groups excluding carboxylic acids is 2. The Bertz CT molecular complexity index is 1260. The van der Waals surface area contributed by atoms with E-state index in [1.165, 1.54) is 30.3 Å². The van der Waals surface area contributed by atoms with Gasteiger partial charge in [0, 0.05) is 24.1 Å². The predicted octanol–water partition coefficient (Wildman–Crippen LogP) is 5.19. The lowest BCUT2D eigenvalue weighted by molar-refractivity contribution is -0.116. The van der Waals surface area contributed by atoms with Crippen LogP contribution in [0.25, 0.3) is 0 Å². The molecule has 0 fully saturated rings. The molecule has 0 radical (unpaired) electrons. The molecule has 3 aromatic carbocycles. The molecule has 9 heteroatoms. The molecule has 0 aliphatic rings. The number of ketones is 1. The lowest BCUT2D eigenvalue weighted by Gasteiger charge is -2.13. The fraction of sp³-hybridized carbons (Fsp3) is 0.130. The summed E-state index contributed by atoms with van der Waals surface area (Å²) in [6.45, 7) is 1.63. The van der Waals surface area contributed by atoms with Gasteiger partial charge in [-0.15, -0.1) is 0 Å². The summed E-state index contributed by atoms with van der Waals surface area (Å²) in [5.74, 6) is -1.20. The van der Waals surface area contributed by atoms with Gasteiger partial charge in [-0.1, -0.05) is 29.8 Å². The second kappa shape index (κ2) is 9.93. The molecule has 0 unspecified atom stereocenters. The van der Waals surface area contributed by atoms with Gasteiger partial charge in [-0.25, -0.2) is 12.8 Å². The third kappa shape index (κ3) is 5.93. The van der Waals surface area contributed by atoms with Gasteiger partial charge in [0.1, 0.15) is 5.82 Å². The monoisotopic (exact) mass is 474 g/mol. The molecule has 0 aliphatic heterocycles. The van der Waals surface area contributed by atoms with E-state index >= 15 is 0 Å². The molecule has 0 atom stereocenters. The molecule has 32 heavy (non-hydrogen) atoms. The first kappa shape index (κ1) is 23.4. The van der Waals surface area contributed by atoms with Crippen LogP contribution in [0.5, 0.6) is 0 Å². The number of nitrogens with one attached hydrogen (secondary N) is 2.